The second kappa shape index (κ2) is 17.4. The Bertz CT molecular complexity index is 1120. The number of ether oxygens (including phenoxy) is 7. The number of hydrogen-bond acceptors (Lipinski definition) is 20. The minimum absolute atomic E-state index is 0.157. The number of aliphatic hydroxyl groups is 10. The van der Waals surface area contributed by atoms with Gasteiger partial charge < -0.3 is 89.5 Å². The smallest absolute Gasteiger partial charge is 0.217 e. The van der Waals surface area contributed by atoms with Gasteiger partial charge in [0.2, 0.25) is 5.91 Å². The zero-order chi connectivity index (χ0) is 36.3. The highest BCUT2D eigenvalue weighted by Gasteiger charge is 2.56. The molecule has 4 aliphatic rings. The predicted molar refractivity (Wildman–Crippen MR) is 159 cm³/mol. The van der Waals surface area contributed by atoms with Crippen LogP contribution in [0.25, 0.3) is 0 Å². The molecule has 21 heteroatoms. The van der Waals surface area contributed by atoms with Crippen molar-refractivity contribution in [3.05, 3.63) is 0 Å². The molecule has 20 nitrogen and oxygen atoms in total. The molecule has 14 unspecified atom stereocenters. The number of thioether (sulfide) groups is 1. The summed E-state index contributed by atoms with van der Waals surface area (Å²) in [6.07, 6.45) is -28.9. The van der Waals surface area contributed by atoms with E-state index in [9.17, 15) is 61.1 Å². The molecule has 0 aromatic carbocycles. The zero-order valence-electron chi connectivity index (χ0n) is 26.8. The van der Waals surface area contributed by atoms with E-state index >= 15 is 0 Å². The molecule has 0 saturated carbocycles. The second-order valence-electron chi connectivity index (χ2n) is 12.3. The zero-order valence-corrected chi connectivity index (χ0v) is 27.6. The summed E-state index contributed by atoms with van der Waals surface area (Å²) in [5, 5.41) is 116. The van der Waals surface area contributed by atoms with Crippen molar-refractivity contribution in [2.24, 2.45) is 0 Å². The van der Waals surface area contributed by atoms with Crippen molar-refractivity contribution in [2.75, 3.05) is 19.0 Å². The molecule has 0 aromatic rings. The normalized spacial score (nSPS) is 49.2. The Morgan fingerprint density at radius 1 is 0.673 bits per heavy atom. The lowest BCUT2D eigenvalue weighted by Crippen LogP contribution is -2.69. The van der Waals surface area contributed by atoms with E-state index in [1.54, 1.807) is 0 Å². The lowest BCUT2D eigenvalue weighted by atomic mass is 9.95. The maximum Gasteiger partial charge on any atom is 0.217 e. The van der Waals surface area contributed by atoms with E-state index in [0.717, 1.165) is 18.7 Å². The number of nitrogens with zero attached hydrogens (tertiary/aromatic N) is 1. The summed E-state index contributed by atoms with van der Waals surface area (Å²) in [6, 6.07) is 0.670. The summed E-state index contributed by atoms with van der Waals surface area (Å²) < 4.78 is 41.0. The second-order valence-corrected chi connectivity index (χ2v) is 13.4. The van der Waals surface area contributed by atoms with Crippen LogP contribution >= 0.6 is 11.8 Å². The van der Waals surface area contributed by atoms with Crippen molar-refractivity contribution < 1.29 is 89.0 Å². The van der Waals surface area contributed by atoms with E-state index in [4.69, 9.17) is 33.2 Å². The number of nitriles is 1. The van der Waals surface area contributed by atoms with E-state index in [0.29, 0.717) is 0 Å². The van der Waals surface area contributed by atoms with E-state index in [1.165, 1.54) is 13.8 Å². The molecule has 0 radical (unpaired) electrons. The van der Waals surface area contributed by atoms with Gasteiger partial charge in [-0.3, -0.25) is 4.79 Å². The van der Waals surface area contributed by atoms with Gasteiger partial charge in [-0.05, 0) is 13.8 Å². The van der Waals surface area contributed by atoms with Gasteiger partial charge in [0.15, 0.2) is 18.9 Å². The highest BCUT2D eigenvalue weighted by Crippen LogP contribution is 2.37. The van der Waals surface area contributed by atoms with Crippen LogP contribution in [0.1, 0.15) is 20.8 Å². The number of carbonyl (C=O) groups is 1. The van der Waals surface area contributed by atoms with E-state index < -0.39 is 141 Å². The van der Waals surface area contributed by atoms with Crippen LogP contribution < -0.4 is 5.32 Å². The Labute approximate surface area is 285 Å². The fraction of sp³-hybridized carbons (Fsp3) is 0.929. The predicted octanol–water partition coefficient (Wildman–Crippen LogP) is -6.29. The number of aliphatic hydroxyl groups excluding tert-OH is 10. The van der Waals surface area contributed by atoms with Crippen LogP contribution in [0.3, 0.4) is 0 Å². The van der Waals surface area contributed by atoms with E-state index in [1.807, 2.05) is 6.07 Å². The first-order valence-corrected chi connectivity index (χ1v) is 16.7. The lowest BCUT2D eigenvalue weighted by molar-refractivity contribution is -0.383. The Hall–Kier alpha value is -1.37. The first-order chi connectivity index (χ1) is 23.1. The van der Waals surface area contributed by atoms with Crippen molar-refractivity contribution in [1.29, 1.82) is 5.26 Å². The van der Waals surface area contributed by atoms with E-state index in [-0.39, 0.29) is 5.75 Å². The van der Waals surface area contributed by atoms with Gasteiger partial charge in [-0.25, -0.2) is 0 Å². The van der Waals surface area contributed by atoms with Crippen molar-refractivity contribution in [1.82, 2.24) is 5.32 Å². The minimum atomic E-state index is -1.91. The molecule has 1 amide bonds. The van der Waals surface area contributed by atoms with Gasteiger partial charge in [0.25, 0.3) is 0 Å². The number of carbonyl (C=O) groups excluding carboxylic acids is 1. The van der Waals surface area contributed by atoms with Crippen molar-refractivity contribution >= 4 is 17.7 Å². The van der Waals surface area contributed by atoms with Crippen LogP contribution in [0.4, 0.5) is 0 Å². The molecule has 0 spiro atoms. The van der Waals surface area contributed by atoms with Crippen LogP contribution in [-0.2, 0) is 38.0 Å². The first-order valence-electron chi connectivity index (χ1n) is 15.6. The summed E-state index contributed by atoms with van der Waals surface area (Å²) >= 11 is 0.914. The van der Waals surface area contributed by atoms with Crippen molar-refractivity contribution in [3.8, 4) is 6.07 Å². The number of nitrogens with one attached hydrogen (secondary N) is 1. The molecule has 4 saturated heterocycles. The third-order valence-corrected chi connectivity index (χ3v) is 9.85. The van der Waals surface area contributed by atoms with Gasteiger partial charge in [-0.1, -0.05) is 0 Å². The minimum Gasteiger partial charge on any atom is -0.394 e. The maximum absolute atomic E-state index is 12.5. The summed E-state index contributed by atoms with van der Waals surface area (Å²) in [4.78, 5) is 12.5. The van der Waals surface area contributed by atoms with Crippen molar-refractivity contribution in [2.45, 2.75) is 143 Å². The van der Waals surface area contributed by atoms with Crippen LogP contribution in [0, 0.1) is 11.3 Å². The third-order valence-electron chi connectivity index (χ3n) is 8.82. The Balaban J connectivity index is 1.74. The molecule has 0 aromatic heterocycles. The molecule has 0 bridgehead atoms. The summed E-state index contributed by atoms with van der Waals surface area (Å²) in [5.41, 5.74) is -1.11. The van der Waals surface area contributed by atoms with Crippen LogP contribution in [-0.4, -0.2) is 198 Å². The number of amides is 1. The van der Waals surface area contributed by atoms with Gasteiger partial charge in [0, 0.05) is 6.92 Å². The van der Waals surface area contributed by atoms with Crippen LogP contribution in [0.15, 0.2) is 0 Å². The Kier molecular flexibility index (Phi) is 14.4. The number of hydrogen-bond donors (Lipinski definition) is 11. The highest BCUT2D eigenvalue weighted by atomic mass is 32.2. The molecule has 0 aliphatic carbocycles. The molecule has 11 N–H and O–H groups in total. The van der Waals surface area contributed by atoms with Gasteiger partial charge in [0.1, 0.15) is 84.8 Å². The highest BCUT2D eigenvalue weighted by molar-refractivity contribution is 8.00. The molecule has 4 heterocycles. The van der Waals surface area contributed by atoms with Crippen LogP contribution in [0.2, 0.25) is 0 Å². The Morgan fingerprint density at radius 2 is 1.18 bits per heavy atom. The standard InChI is InChI=1S/C28H46N2O18S/c1-8-14(34)17(37)20(40)25(42-8)46-22-12(7-32)45-28(49-5-4-29)13(30-10(3)33)23(22)47-27-24(19(39)16(36)11(6-31)44-27)48-26-21(41)18(38)15(35)9(2)43-26/h8-9,11-28,31-32,34-41H,5-7H2,1-3H3,(H,30,33)/t8?,9-,11-,12-,13?,14?,15?,16?,17?,18?,19?,20?,21?,22?,23?,24?,25?,26-,27-,28-/m0/s1. The molecule has 20 atom stereocenters. The van der Waals surface area contributed by atoms with Gasteiger partial charge in [-0.15, -0.1) is 11.8 Å². The van der Waals surface area contributed by atoms with Gasteiger partial charge >= 0.3 is 0 Å². The SMILES string of the molecule is CC(=O)NC1C(O[C@@H]2O[C@@H](CO)C(O)C(O)C2O[C@@H]2O[C@@H](C)C(O)C(O)C2O)C(OC2OC(C)C(O)C(O)C2O)[C@H](CO)O[C@H]1SCC#N. The average molecular weight is 731 g/mol. The average Bonchev–Trinajstić information content (AvgIpc) is 3.07. The molecule has 4 aliphatic heterocycles. The fourth-order valence-corrected chi connectivity index (χ4v) is 6.94. The largest absolute Gasteiger partial charge is 0.394 e. The number of rotatable bonds is 11. The summed E-state index contributed by atoms with van der Waals surface area (Å²) in [6.45, 7) is 2.34. The van der Waals surface area contributed by atoms with Gasteiger partial charge in [-0.2, -0.15) is 5.26 Å². The fourth-order valence-electron chi connectivity index (χ4n) is 6.05. The Morgan fingerprint density at radius 3 is 1.67 bits per heavy atom. The van der Waals surface area contributed by atoms with E-state index in [2.05, 4.69) is 5.32 Å². The quantitative estimate of drug-likeness (QED) is 0.0942. The van der Waals surface area contributed by atoms with Crippen LogP contribution in [0.5, 0.6) is 0 Å². The topological polar surface area (TPSA) is 320 Å². The summed E-state index contributed by atoms with van der Waals surface area (Å²) in [5.74, 6) is -0.774. The lowest BCUT2D eigenvalue weighted by Gasteiger charge is -2.51. The van der Waals surface area contributed by atoms with Crippen molar-refractivity contribution in [3.63, 3.8) is 0 Å². The molecule has 49 heavy (non-hydrogen) atoms. The summed E-state index contributed by atoms with van der Waals surface area (Å²) in [7, 11) is 0. The molecule has 4 fully saturated rings. The van der Waals surface area contributed by atoms with Gasteiger partial charge in [0.05, 0.1) is 43.3 Å². The third kappa shape index (κ3) is 8.82. The molecule has 282 valence electrons. The monoisotopic (exact) mass is 730 g/mol. The maximum atomic E-state index is 12.5. The molecular formula is C28H46N2O18S. The molecular weight excluding hydrogens is 684 g/mol. The first kappa shape index (κ1) is 40.4. The molecule has 4 rings (SSSR count).